The fourth-order valence-electron chi connectivity index (χ4n) is 1.58. The molecule has 0 aromatic heterocycles. The molecule has 0 aliphatic rings. The molecule has 114 valence electrons. The average Bonchev–Trinajstić information content (AvgIpc) is 2.49. The maximum Gasteiger partial charge on any atom is 0.338 e. The molecule has 0 spiro atoms. The summed E-state index contributed by atoms with van der Waals surface area (Å²) in [6, 6.07) is 10.1. The predicted octanol–water partition coefficient (Wildman–Crippen LogP) is 3.49. The Morgan fingerprint density at radius 2 is 1.73 bits per heavy atom. The van der Waals surface area contributed by atoms with Gasteiger partial charge in [0.1, 0.15) is 5.75 Å². The van der Waals surface area contributed by atoms with Crippen LogP contribution in [0.3, 0.4) is 0 Å². The van der Waals surface area contributed by atoms with Gasteiger partial charge in [0.2, 0.25) is 0 Å². The molecule has 5 nitrogen and oxygen atoms in total. The molecule has 0 fully saturated rings. The number of carbonyl (C=O) groups is 2. The molecule has 2 aromatic carbocycles. The lowest BCUT2D eigenvalue weighted by molar-refractivity contribution is -0.119. The van der Waals surface area contributed by atoms with Crippen LogP contribution in [0.15, 0.2) is 42.5 Å². The van der Waals surface area contributed by atoms with Gasteiger partial charge in [-0.2, -0.15) is 0 Å². The number of phenolic OH excluding ortho intramolecular Hbond substituents is 1. The zero-order valence-electron chi connectivity index (χ0n) is 11.2. The summed E-state index contributed by atoms with van der Waals surface area (Å²) in [6.45, 7) is -0.444. The highest BCUT2D eigenvalue weighted by atomic mass is 35.5. The lowest BCUT2D eigenvalue weighted by Crippen LogP contribution is -2.20. The van der Waals surface area contributed by atoms with Crippen LogP contribution in [-0.2, 0) is 9.53 Å². The van der Waals surface area contributed by atoms with Crippen molar-refractivity contribution in [2.45, 2.75) is 0 Å². The standard InChI is InChI=1S/C15H11Cl2NO4/c16-12-6-3-10(7-13(12)17)18-14(20)8-22-15(21)9-1-4-11(19)5-2-9/h1-7,19H,8H2,(H,18,20). The summed E-state index contributed by atoms with van der Waals surface area (Å²) >= 11 is 11.6. The lowest BCUT2D eigenvalue weighted by atomic mass is 10.2. The summed E-state index contributed by atoms with van der Waals surface area (Å²) < 4.78 is 4.86. The van der Waals surface area contributed by atoms with Gasteiger partial charge in [-0.3, -0.25) is 4.79 Å². The van der Waals surface area contributed by atoms with Gasteiger partial charge >= 0.3 is 5.97 Å². The first kappa shape index (κ1) is 16.1. The van der Waals surface area contributed by atoms with Gasteiger partial charge in [0.05, 0.1) is 15.6 Å². The molecular formula is C15H11Cl2NO4. The van der Waals surface area contributed by atoms with E-state index in [9.17, 15) is 9.59 Å². The van der Waals surface area contributed by atoms with Gasteiger partial charge in [-0.1, -0.05) is 23.2 Å². The van der Waals surface area contributed by atoms with Gasteiger partial charge in [-0.25, -0.2) is 4.79 Å². The fraction of sp³-hybridized carbons (Fsp3) is 0.0667. The van der Waals surface area contributed by atoms with E-state index in [1.165, 1.54) is 30.3 Å². The summed E-state index contributed by atoms with van der Waals surface area (Å²) in [6.07, 6.45) is 0. The Morgan fingerprint density at radius 1 is 1.05 bits per heavy atom. The van der Waals surface area contributed by atoms with E-state index in [4.69, 9.17) is 33.0 Å². The van der Waals surface area contributed by atoms with E-state index in [0.717, 1.165) is 0 Å². The first-order valence-corrected chi connectivity index (χ1v) is 6.92. The van der Waals surface area contributed by atoms with Crippen molar-refractivity contribution in [1.29, 1.82) is 0 Å². The molecule has 7 heteroatoms. The van der Waals surface area contributed by atoms with Crippen LogP contribution in [0, 0.1) is 0 Å². The van der Waals surface area contributed by atoms with Gasteiger partial charge in [0, 0.05) is 5.69 Å². The molecule has 0 bridgehead atoms. The lowest BCUT2D eigenvalue weighted by Gasteiger charge is -2.07. The van der Waals surface area contributed by atoms with Crippen LogP contribution in [0.1, 0.15) is 10.4 Å². The number of rotatable bonds is 4. The minimum Gasteiger partial charge on any atom is -0.508 e. The number of hydrogen-bond donors (Lipinski definition) is 2. The van der Waals surface area contributed by atoms with Crippen molar-refractivity contribution < 1.29 is 19.4 Å². The third-order valence-corrected chi connectivity index (χ3v) is 3.38. The topological polar surface area (TPSA) is 75.6 Å². The van der Waals surface area contributed by atoms with E-state index >= 15 is 0 Å². The number of esters is 1. The molecule has 0 atom stereocenters. The molecule has 22 heavy (non-hydrogen) atoms. The van der Waals surface area contributed by atoms with E-state index in [1.807, 2.05) is 0 Å². The number of carbonyl (C=O) groups excluding carboxylic acids is 2. The number of hydrogen-bond acceptors (Lipinski definition) is 4. The van der Waals surface area contributed by atoms with Gasteiger partial charge in [0.25, 0.3) is 5.91 Å². The van der Waals surface area contributed by atoms with Crippen molar-refractivity contribution in [3.8, 4) is 5.75 Å². The zero-order chi connectivity index (χ0) is 16.1. The molecule has 0 heterocycles. The molecule has 2 aromatic rings. The van der Waals surface area contributed by atoms with Crippen molar-refractivity contribution in [1.82, 2.24) is 0 Å². The van der Waals surface area contributed by atoms with Crippen molar-refractivity contribution in [2.75, 3.05) is 11.9 Å². The summed E-state index contributed by atoms with van der Waals surface area (Å²) in [5.41, 5.74) is 0.681. The fourth-order valence-corrected chi connectivity index (χ4v) is 1.88. The van der Waals surface area contributed by atoms with Crippen molar-refractivity contribution in [3.05, 3.63) is 58.1 Å². The number of benzene rings is 2. The van der Waals surface area contributed by atoms with Crippen molar-refractivity contribution in [2.24, 2.45) is 0 Å². The number of anilines is 1. The minimum absolute atomic E-state index is 0.0360. The van der Waals surface area contributed by atoms with E-state index in [-0.39, 0.29) is 11.3 Å². The Hall–Kier alpha value is -2.24. The van der Waals surface area contributed by atoms with E-state index in [2.05, 4.69) is 5.32 Å². The minimum atomic E-state index is -0.663. The molecule has 2 N–H and O–H groups in total. The van der Waals surface area contributed by atoms with Crippen LogP contribution in [0.2, 0.25) is 10.0 Å². The maximum atomic E-state index is 11.7. The second-order valence-corrected chi connectivity index (χ2v) is 5.11. The SMILES string of the molecule is O=C(COC(=O)c1ccc(O)cc1)Nc1ccc(Cl)c(Cl)c1. The van der Waals surface area contributed by atoms with Crippen LogP contribution in [-0.4, -0.2) is 23.6 Å². The number of nitrogens with one attached hydrogen (secondary N) is 1. The molecule has 2 rings (SSSR count). The van der Waals surface area contributed by atoms with Crippen LogP contribution in [0.5, 0.6) is 5.75 Å². The first-order valence-electron chi connectivity index (χ1n) is 6.17. The Balaban J connectivity index is 1.88. The van der Waals surface area contributed by atoms with Gasteiger partial charge in [-0.05, 0) is 42.5 Å². The molecule has 0 saturated carbocycles. The molecule has 0 aliphatic heterocycles. The summed E-state index contributed by atoms with van der Waals surface area (Å²) in [5, 5.41) is 12.3. The number of ether oxygens (including phenoxy) is 1. The van der Waals surface area contributed by atoms with Crippen LogP contribution < -0.4 is 5.32 Å². The Labute approximate surface area is 136 Å². The Bertz CT molecular complexity index is 701. The van der Waals surface area contributed by atoms with E-state index in [1.54, 1.807) is 12.1 Å². The second-order valence-electron chi connectivity index (χ2n) is 4.30. The van der Waals surface area contributed by atoms with Crippen LogP contribution >= 0.6 is 23.2 Å². The number of aromatic hydroxyl groups is 1. The smallest absolute Gasteiger partial charge is 0.338 e. The molecule has 0 unspecified atom stereocenters. The van der Waals surface area contributed by atoms with Crippen LogP contribution in [0.4, 0.5) is 5.69 Å². The number of amides is 1. The molecule has 0 radical (unpaired) electrons. The summed E-state index contributed by atoms with van der Waals surface area (Å²) in [4.78, 5) is 23.4. The molecular weight excluding hydrogens is 329 g/mol. The largest absolute Gasteiger partial charge is 0.508 e. The second kappa shape index (κ2) is 7.15. The first-order chi connectivity index (χ1) is 10.5. The predicted molar refractivity (Wildman–Crippen MR) is 83.5 cm³/mol. The van der Waals surface area contributed by atoms with Crippen molar-refractivity contribution in [3.63, 3.8) is 0 Å². The average molecular weight is 340 g/mol. The van der Waals surface area contributed by atoms with Gasteiger partial charge < -0.3 is 15.2 Å². The van der Waals surface area contributed by atoms with Gasteiger partial charge in [-0.15, -0.1) is 0 Å². The Kier molecular flexibility index (Phi) is 5.25. The highest BCUT2D eigenvalue weighted by molar-refractivity contribution is 6.42. The zero-order valence-corrected chi connectivity index (χ0v) is 12.7. The monoisotopic (exact) mass is 339 g/mol. The number of halogens is 2. The summed E-state index contributed by atoms with van der Waals surface area (Å²) in [7, 11) is 0. The third kappa shape index (κ3) is 4.38. The Morgan fingerprint density at radius 3 is 2.36 bits per heavy atom. The summed E-state index contributed by atoms with van der Waals surface area (Å²) in [5.74, 6) is -1.14. The van der Waals surface area contributed by atoms with Crippen molar-refractivity contribution >= 4 is 40.8 Å². The van der Waals surface area contributed by atoms with Gasteiger partial charge in [0.15, 0.2) is 6.61 Å². The number of phenols is 1. The highest BCUT2D eigenvalue weighted by Crippen LogP contribution is 2.24. The molecule has 0 aliphatic carbocycles. The maximum absolute atomic E-state index is 11.7. The highest BCUT2D eigenvalue weighted by Gasteiger charge is 2.11. The van der Waals surface area contributed by atoms with E-state index < -0.39 is 18.5 Å². The normalized spacial score (nSPS) is 10.1. The van der Waals surface area contributed by atoms with Crippen LogP contribution in [0.25, 0.3) is 0 Å². The van der Waals surface area contributed by atoms with E-state index in [0.29, 0.717) is 15.7 Å². The quantitative estimate of drug-likeness (QED) is 0.836. The third-order valence-electron chi connectivity index (χ3n) is 2.64. The molecule has 0 saturated heterocycles. The molecule has 1 amide bonds.